The number of aryl methyl sites for hydroxylation is 1. The van der Waals surface area contributed by atoms with Gasteiger partial charge in [-0.3, -0.25) is 4.90 Å². The number of nitrogens with zero attached hydrogens (tertiary/aromatic N) is 3. The number of halogens is 2. The molecule has 1 N–H and O–H groups in total. The van der Waals surface area contributed by atoms with Crippen molar-refractivity contribution in [1.82, 2.24) is 14.3 Å². The van der Waals surface area contributed by atoms with Crippen molar-refractivity contribution in [2.75, 3.05) is 38.1 Å². The zero-order valence-corrected chi connectivity index (χ0v) is 19.2. The van der Waals surface area contributed by atoms with Gasteiger partial charge in [0, 0.05) is 36.8 Å². The fourth-order valence-electron chi connectivity index (χ4n) is 3.10. The highest BCUT2D eigenvalue weighted by Crippen LogP contribution is 2.33. The number of methoxy groups -OCH3 is 1. The lowest BCUT2D eigenvalue weighted by atomic mass is 10.2. The number of anilines is 1. The van der Waals surface area contributed by atoms with E-state index in [1.165, 1.54) is 18.6 Å². The number of hydrogen-bond donors (Lipinski definition) is 1. The number of morpholine rings is 1. The Morgan fingerprint density at radius 2 is 1.91 bits per heavy atom. The highest BCUT2D eigenvalue weighted by Gasteiger charge is 2.16. The van der Waals surface area contributed by atoms with Crippen LogP contribution in [0, 0.1) is 18.6 Å². The quantitative estimate of drug-likeness (QED) is 0.458. The second-order valence-electron chi connectivity index (χ2n) is 7.11. The van der Waals surface area contributed by atoms with Gasteiger partial charge in [0.15, 0.2) is 17.4 Å². The Bertz CT molecular complexity index is 1080. The molecular formula is C21H22F2N4O3S2. The van der Waals surface area contributed by atoms with Gasteiger partial charge in [0.25, 0.3) is 0 Å². The maximum absolute atomic E-state index is 14.6. The van der Waals surface area contributed by atoms with Crippen molar-refractivity contribution in [2.24, 2.45) is 0 Å². The van der Waals surface area contributed by atoms with E-state index in [-0.39, 0.29) is 10.6 Å². The summed E-state index contributed by atoms with van der Waals surface area (Å²) in [5, 5.41) is 0.519. The first kappa shape index (κ1) is 22.7. The zero-order valence-electron chi connectivity index (χ0n) is 17.6. The highest BCUT2D eigenvalue weighted by molar-refractivity contribution is 8.00. The molecule has 0 amide bonds. The van der Waals surface area contributed by atoms with E-state index < -0.39 is 11.6 Å². The lowest BCUT2D eigenvalue weighted by Gasteiger charge is -2.25. The minimum absolute atomic E-state index is 0.0848. The zero-order chi connectivity index (χ0) is 22.5. The van der Waals surface area contributed by atoms with Crippen LogP contribution in [0.5, 0.6) is 17.2 Å². The third kappa shape index (κ3) is 5.85. The summed E-state index contributed by atoms with van der Waals surface area (Å²) in [6.45, 7) is 5.57. The smallest absolute Gasteiger partial charge is 0.212 e. The van der Waals surface area contributed by atoms with Crippen LogP contribution in [0.25, 0.3) is 0 Å². The van der Waals surface area contributed by atoms with Crippen molar-refractivity contribution in [3.8, 4) is 17.2 Å². The second kappa shape index (κ2) is 10.4. The lowest BCUT2D eigenvalue weighted by molar-refractivity contribution is 0.0332. The van der Waals surface area contributed by atoms with E-state index >= 15 is 0 Å². The summed E-state index contributed by atoms with van der Waals surface area (Å²) in [5.41, 5.74) is 0.877. The Kier molecular flexibility index (Phi) is 7.40. The summed E-state index contributed by atoms with van der Waals surface area (Å²) in [7, 11) is 1.53. The van der Waals surface area contributed by atoms with Crippen LogP contribution in [-0.2, 0) is 11.3 Å². The molecule has 0 saturated carbocycles. The predicted molar refractivity (Wildman–Crippen MR) is 120 cm³/mol. The fourth-order valence-corrected chi connectivity index (χ4v) is 4.37. The van der Waals surface area contributed by atoms with Gasteiger partial charge in [-0.15, -0.1) is 0 Å². The molecule has 7 nitrogen and oxygen atoms in total. The molecule has 170 valence electrons. The number of benzene rings is 2. The first-order chi connectivity index (χ1) is 15.5. The Hall–Kier alpha value is -2.47. The topological polar surface area (TPSA) is 68.7 Å². The average molecular weight is 481 g/mol. The molecular weight excluding hydrogens is 458 g/mol. The minimum atomic E-state index is -0.679. The van der Waals surface area contributed by atoms with Gasteiger partial charge in [0.2, 0.25) is 5.13 Å². The molecule has 0 radical (unpaired) electrons. The number of nitrogens with one attached hydrogen (secondary N) is 1. The summed E-state index contributed by atoms with van der Waals surface area (Å²) in [5.74, 6) is 0.118. The van der Waals surface area contributed by atoms with E-state index in [9.17, 15) is 8.78 Å². The molecule has 0 spiro atoms. The fraction of sp³-hybridized carbons (Fsp3) is 0.333. The molecule has 2 aromatic carbocycles. The van der Waals surface area contributed by atoms with Crippen LogP contribution in [0.15, 0.2) is 35.2 Å². The van der Waals surface area contributed by atoms with Gasteiger partial charge in [-0.05, 0) is 42.6 Å². The van der Waals surface area contributed by atoms with Crippen LogP contribution in [0.2, 0.25) is 0 Å². The Balaban J connectivity index is 1.39. The first-order valence-corrected chi connectivity index (χ1v) is 11.5. The predicted octanol–water partition coefficient (Wildman–Crippen LogP) is 4.88. The van der Waals surface area contributed by atoms with Crippen LogP contribution in [-0.4, -0.2) is 47.7 Å². The molecule has 3 aromatic rings. The number of aromatic nitrogens is 2. The molecule has 32 heavy (non-hydrogen) atoms. The Labute approximate surface area is 193 Å². The van der Waals surface area contributed by atoms with E-state index in [1.807, 2.05) is 13.0 Å². The summed E-state index contributed by atoms with van der Waals surface area (Å²) in [4.78, 5) is 6.70. The average Bonchev–Trinajstić information content (AvgIpc) is 3.22. The van der Waals surface area contributed by atoms with E-state index in [1.54, 1.807) is 12.1 Å². The van der Waals surface area contributed by atoms with Gasteiger partial charge >= 0.3 is 0 Å². The number of ether oxygens (including phenoxy) is 3. The van der Waals surface area contributed by atoms with Gasteiger partial charge in [-0.1, -0.05) is 0 Å². The van der Waals surface area contributed by atoms with Crippen molar-refractivity contribution >= 4 is 28.6 Å². The number of hydrogen-bond acceptors (Lipinski definition) is 9. The molecule has 1 aliphatic heterocycles. The SMILES string of the molecule is COc1cc(C)cc(Oc2cc(F)c(SNc3nc(CN4CCOCC4)ns3)cc2F)c1. The van der Waals surface area contributed by atoms with Gasteiger partial charge in [-0.2, -0.15) is 4.37 Å². The molecule has 0 atom stereocenters. The minimum Gasteiger partial charge on any atom is -0.497 e. The van der Waals surface area contributed by atoms with Gasteiger partial charge < -0.3 is 18.9 Å². The highest BCUT2D eigenvalue weighted by atomic mass is 32.2. The number of rotatable bonds is 8. The monoisotopic (exact) mass is 480 g/mol. The molecule has 0 aliphatic carbocycles. The van der Waals surface area contributed by atoms with Gasteiger partial charge in [-0.25, -0.2) is 13.8 Å². The molecule has 1 fully saturated rings. The van der Waals surface area contributed by atoms with Crippen molar-refractivity contribution in [3.05, 3.63) is 53.4 Å². The van der Waals surface area contributed by atoms with Gasteiger partial charge in [0.05, 0.1) is 31.8 Å². The van der Waals surface area contributed by atoms with Crippen LogP contribution in [0.1, 0.15) is 11.4 Å². The maximum Gasteiger partial charge on any atom is 0.212 e. The first-order valence-electron chi connectivity index (χ1n) is 9.88. The van der Waals surface area contributed by atoms with Crippen molar-refractivity contribution < 1.29 is 23.0 Å². The third-order valence-corrected chi connectivity index (χ3v) is 6.29. The maximum atomic E-state index is 14.6. The molecule has 11 heteroatoms. The van der Waals surface area contributed by atoms with Crippen molar-refractivity contribution in [1.29, 1.82) is 0 Å². The van der Waals surface area contributed by atoms with E-state index in [2.05, 4.69) is 19.0 Å². The molecule has 0 bridgehead atoms. The van der Waals surface area contributed by atoms with Crippen molar-refractivity contribution in [2.45, 2.75) is 18.4 Å². The summed E-state index contributed by atoms with van der Waals surface area (Å²) in [6, 6.07) is 7.25. The van der Waals surface area contributed by atoms with E-state index in [0.29, 0.717) is 42.2 Å². The largest absolute Gasteiger partial charge is 0.497 e. The Morgan fingerprint density at radius 1 is 1.12 bits per heavy atom. The molecule has 1 aromatic heterocycles. The third-order valence-electron chi connectivity index (χ3n) is 4.66. The lowest BCUT2D eigenvalue weighted by Crippen LogP contribution is -2.35. The summed E-state index contributed by atoms with van der Waals surface area (Å²) < 4.78 is 52.5. The van der Waals surface area contributed by atoms with Gasteiger partial charge in [0.1, 0.15) is 17.3 Å². The standard InChI is InChI=1S/C21H22F2N4O3S2/c1-13-7-14(28-2)9-15(8-13)30-18-10-17(23)19(11-16(18)22)31-26-21-24-20(25-32-21)12-27-3-5-29-6-4-27/h7-11H,3-6,12H2,1-2H3,(H,24,25,26). The van der Waals surface area contributed by atoms with E-state index in [4.69, 9.17) is 14.2 Å². The molecule has 2 heterocycles. The molecule has 4 rings (SSSR count). The normalized spacial score (nSPS) is 14.4. The van der Waals surface area contributed by atoms with Crippen LogP contribution in [0.4, 0.5) is 13.9 Å². The molecule has 1 aliphatic rings. The van der Waals surface area contributed by atoms with E-state index in [0.717, 1.165) is 42.7 Å². The molecule has 0 unspecified atom stereocenters. The second-order valence-corrected chi connectivity index (χ2v) is 8.71. The van der Waals surface area contributed by atoms with Crippen LogP contribution >= 0.6 is 23.5 Å². The Morgan fingerprint density at radius 3 is 2.69 bits per heavy atom. The van der Waals surface area contributed by atoms with Crippen LogP contribution in [0.3, 0.4) is 0 Å². The summed E-state index contributed by atoms with van der Waals surface area (Å²) >= 11 is 2.10. The summed E-state index contributed by atoms with van der Waals surface area (Å²) in [6.07, 6.45) is 0. The van der Waals surface area contributed by atoms with Crippen LogP contribution < -0.4 is 14.2 Å². The van der Waals surface area contributed by atoms with Crippen molar-refractivity contribution in [3.63, 3.8) is 0 Å². The molecule has 1 saturated heterocycles.